The Morgan fingerprint density at radius 2 is 2.03 bits per heavy atom. The molecule has 4 rings (SSSR count). The number of anilines is 1. The summed E-state index contributed by atoms with van der Waals surface area (Å²) in [6, 6.07) is 7.75. The van der Waals surface area contributed by atoms with Crippen molar-refractivity contribution in [3.8, 4) is 0 Å². The van der Waals surface area contributed by atoms with Crippen LogP contribution in [0.4, 0.5) is 5.82 Å². The van der Waals surface area contributed by atoms with E-state index < -0.39 is 0 Å². The molecule has 2 atom stereocenters. The maximum atomic E-state index is 12.8. The van der Waals surface area contributed by atoms with Gasteiger partial charge in [0.1, 0.15) is 5.82 Å². The van der Waals surface area contributed by atoms with Gasteiger partial charge in [0.2, 0.25) is 5.91 Å². The number of amides is 1. The number of methoxy groups -OCH3 is 1. The molecule has 1 amide bonds. The molecule has 8 heteroatoms. The van der Waals surface area contributed by atoms with Crippen LogP contribution in [0, 0.1) is 12.8 Å². The highest BCUT2D eigenvalue weighted by molar-refractivity contribution is 5.80. The molecule has 0 spiro atoms. The third-order valence-electron chi connectivity index (χ3n) is 5.66. The zero-order chi connectivity index (χ0) is 20.4. The van der Waals surface area contributed by atoms with Crippen molar-refractivity contribution in [3.63, 3.8) is 0 Å². The second-order valence-electron chi connectivity index (χ2n) is 7.42. The topological polar surface area (TPSA) is 85.2 Å². The predicted octanol–water partition coefficient (Wildman–Crippen LogP) is 2.32. The van der Waals surface area contributed by atoms with Gasteiger partial charge in [-0.15, -0.1) is 0 Å². The minimum atomic E-state index is -0.0349. The predicted molar refractivity (Wildman–Crippen MR) is 110 cm³/mol. The average Bonchev–Trinajstić information content (AvgIpc) is 3.22. The van der Waals surface area contributed by atoms with Crippen LogP contribution in [0.2, 0.25) is 0 Å². The average molecular weight is 394 g/mol. The molecule has 0 saturated carbocycles. The van der Waals surface area contributed by atoms with Crippen molar-refractivity contribution in [2.75, 3.05) is 32.1 Å². The lowest BCUT2D eigenvalue weighted by Gasteiger charge is -2.28. The summed E-state index contributed by atoms with van der Waals surface area (Å²) in [5, 5.41) is 7.78. The Kier molecular flexibility index (Phi) is 5.44. The van der Waals surface area contributed by atoms with E-state index in [1.54, 1.807) is 13.3 Å². The van der Waals surface area contributed by atoms with Gasteiger partial charge in [0.15, 0.2) is 0 Å². The first-order chi connectivity index (χ1) is 14.1. The van der Waals surface area contributed by atoms with E-state index in [-0.39, 0.29) is 17.9 Å². The van der Waals surface area contributed by atoms with Crippen LogP contribution in [0.1, 0.15) is 23.7 Å². The highest BCUT2D eigenvalue weighted by Crippen LogP contribution is 2.39. The number of nitrogens with one attached hydrogen (secondary N) is 1. The molecule has 1 fully saturated rings. The maximum absolute atomic E-state index is 12.8. The van der Waals surface area contributed by atoms with Crippen LogP contribution >= 0.6 is 0 Å². The van der Waals surface area contributed by atoms with Gasteiger partial charge in [-0.1, -0.05) is 12.1 Å². The van der Waals surface area contributed by atoms with Crippen LogP contribution in [0.25, 0.3) is 11.0 Å². The molecule has 1 aliphatic heterocycles. The number of ether oxygens (including phenoxy) is 1. The zero-order valence-corrected chi connectivity index (χ0v) is 17.0. The summed E-state index contributed by atoms with van der Waals surface area (Å²) in [7, 11) is 3.58. The van der Waals surface area contributed by atoms with E-state index in [9.17, 15) is 4.79 Å². The lowest BCUT2D eigenvalue weighted by atomic mass is 9.94. The Morgan fingerprint density at radius 3 is 2.76 bits per heavy atom. The monoisotopic (exact) mass is 394 g/mol. The fourth-order valence-corrected chi connectivity index (χ4v) is 4.01. The summed E-state index contributed by atoms with van der Waals surface area (Å²) in [6.07, 6.45) is 4.10. The van der Waals surface area contributed by atoms with Crippen molar-refractivity contribution in [2.24, 2.45) is 13.0 Å². The number of benzene rings is 1. The Labute approximate surface area is 169 Å². The Bertz CT molecular complexity index is 1020. The Balaban J connectivity index is 1.56. The molecule has 1 aliphatic rings. The van der Waals surface area contributed by atoms with E-state index in [1.165, 1.54) is 0 Å². The molecular weight excluding hydrogens is 368 g/mol. The highest BCUT2D eigenvalue weighted by Gasteiger charge is 2.41. The van der Waals surface area contributed by atoms with E-state index >= 15 is 0 Å². The first kappa shape index (κ1) is 19.3. The van der Waals surface area contributed by atoms with Crippen LogP contribution in [-0.4, -0.2) is 57.4 Å². The number of nitrogens with zero attached hydrogens (tertiary/aromatic N) is 5. The molecule has 29 heavy (non-hydrogen) atoms. The molecule has 0 aliphatic carbocycles. The molecule has 152 valence electrons. The van der Waals surface area contributed by atoms with Gasteiger partial charge in [0.05, 0.1) is 36.1 Å². The van der Waals surface area contributed by atoms with Gasteiger partial charge in [-0.3, -0.25) is 14.5 Å². The van der Waals surface area contributed by atoms with Gasteiger partial charge >= 0.3 is 0 Å². The number of hydrogen-bond acceptors (Lipinski definition) is 6. The zero-order valence-electron chi connectivity index (χ0n) is 17.0. The number of hydrogen-bond donors (Lipinski definition) is 1. The normalized spacial score (nSPS) is 19.3. The van der Waals surface area contributed by atoms with E-state index in [0.717, 1.165) is 22.3 Å². The minimum absolute atomic E-state index is 0.0349. The molecule has 8 nitrogen and oxygen atoms in total. The van der Waals surface area contributed by atoms with Gasteiger partial charge in [0, 0.05) is 50.8 Å². The largest absolute Gasteiger partial charge is 0.383 e. The summed E-state index contributed by atoms with van der Waals surface area (Å²) < 4.78 is 7.08. The van der Waals surface area contributed by atoms with Gasteiger partial charge < -0.3 is 15.0 Å². The van der Waals surface area contributed by atoms with Gasteiger partial charge in [-0.2, -0.15) is 5.10 Å². The number of carbonyl (C=O) groups excluding carboxylic acids is 1. The van der Waals surface area contributed by atoms with E-state index in [1.807, 2.05) is 54.0 Å². The van der Waals surface area contributed by atoms with Crippen LogP contribution in [0.3, 0.4) is 0 Å². The molecule has 1 aromatic carbocycles. The smallest absolute Gasteiger partial charge is 0.223 e. The first-order valence-corrected chi connectivity index (χ1v) is 9.81. The summed E-state index contributed by atoms with van der Waals surface area (Å²) in [5.74, 6) is 0.968. The van der Waals surface area contributed by atoms with E-state index in [4.69, 9.17) is 4.74 Å². The molecule has 0 bridgehead atoms. The minimum Gasteiger partial charge on any atom is -0.383 e. The molecule has 3 heterocycles. The van der Waals surface area contributed by atoms with Crippen LogP contribution in [0.5, 0.6) is 0 Å². The number of rotatable bonds is 7. The SMILES string of the molecule is COCCN1C(=O)C[C@@H](CNc2cnc3ccccc3n2)[C@@H]1c1cnn(C)c1C. The number of aromatic nitrogens is 4. The number of para-hydroxylation sites is 2. The molecule has 3 aromatic rings. The second kappa shape index (κ2) is 8.16. The molecule has 0 radical (unpaired) electrons. The fraction of sp³-hybridized carbons (Fsp3) is 0.429. The molecule has 1 N–H and O–H groups in total. The van der Waals surface area contributed by atoms with Crippen molar-refractivity contribution in [1.29, 1.82) is 0 Å². The van der Waals surface area contributed by atoms with Crippen molar-refractivity contribution in [2.45, 2.75) is 19.4 Å². The quantitative estimate of drug-likeness (QED) is 0.662. The number of fused-ring (bicyclic) bond motifs is 1. The molecule has 1 saturated heterocycles. The summed E-state index contributed by atoms with van der Waals surface area (Å²) in [4.78, 5) is 23.8. The third kappa shape index (κ3) is 3.80. The van der Waals surface area contributed by atoms with Crippen molar-refractivity contribution >= 4 is 22.8 Å². The van der Waals surface area contributed by atoms with Crippen molar-refractivity contribution in [3.05, 3.63) is 47.9 Å². The van der Waals surface area contributed by atoms with Crippen molar-refractivity contribution in [1.82, 2.24) is 24.6 Å². The first-order valence-electron chi connectivity index (χ1n) is 9.81. The third-order valence-corrected chi connectivity index (χ3v) is 5.66. The number of carbonyl (C=O) groups is 1. The summed E-state index contributed by atoms with van der Waals surface area (Å²) >= 11 is 0. The van der Waals surface area contributed by atoms with Crippen LogP contribution < -0.4 is 5.32 Å². The van der Waals surface area contributed by atoms with E-state index in [0.29, 0.717) is 31.9 Å². The summed E-state index contributed by atoms with van der Waals surface area (Å²) in [5.41, 5.74) is 3.87. The van der Waals surface area contributed by atoms with Crippen molar-refractivity contribution < 1.29 is 9.53 Å². The lowest BCUT2D eigenvalue weighted by molar-refractivity contribution is -0.129. The van der Waals surface area contributed by atoms with E-state index in [2.05, 4.69) is 20.4 Å². The summed E-state index contributed by atoms with van der Waals surface area (Å²) in [6.45, 7) is 3.75. The Morgan fingerprint density at radius 1 is 1.24 bits per heavy atom. The molecule has 2 aromatic heterocycles. The number of likely N-dealkylation sites (tertiary alicyclic amines) is 1. The van der Waals surface area contributed by atoms with Crippen LogP contribution in [0.15, 0.2) is 36.7 Å². The van der Waals surface area contributed by atoms with Gasteiger partial charge in [-0.05, 0) is 19.1 Å². The highest BCUT2D eigenvalue weighted by atomic mass is 16.5. The van der Waals surface area contributed by atoms with Gasteiger partial charge in [0.25, 0.3) is 0 Å². The standard InChI is InChI=1S/C21H26N6O2/c1-14-16(12-24-26(14)2)21-15(10-20(28)27(21)8-9-29-3)11-23-19-13-22-17-6-4-5-7-18(17)25-19/h4-7,12-13,15,21H,8-11H2,1-3H3,(H,23,25)/t15-,21+/m0/s1. The van der Waals surface area contributed by atoms with Crippen LogP contribution in [-0.2, 0) is 16.6 Å². The second-order valence-corrected chi connectivity index (χ2v) is 7.42. The molecule has 0 unspecified atom stereocenters. The van der Waals surface area contributed by atoms with Gasteiger partial charge in [-0.25, -0.2) is 4.98 Å². The maximum Gasteiger partial charge on any atom is 0.223 e. The lowest BCUT2D eigenvalue weighted by Crippen LogP contribution is -2.33. The Hall–Kier alpha value is -3.00. The molecular formula is C21H26N6O2. The number of aryl methyl sites for hydroxylation is 1. The fourth-order valence-electron chi connectivity index (χ4n) is 4.01.